The fourth-order valence-electron chi connectivity index (χ4n) is 1.09. The van der Waals surface area contributed by atoms with Crippen LogP contribution in [0.15, 0.2) is 11.8 Å². The van der Waals surface area contributed by atoms with Crippen molar-refractivity contribution >= 4 is 6.29 Å². The number of carbonyl (C=O) groups excluding carboxylic acids is 1. The number of allylic oxidation sites excluding steroid dienone is 2. The van der Waals surface area contributed by atoms with Crippen molar-refractivity contribution < 1.29 is 4.79 Å². The SMILES string of the molecule is NC1=CC(C=O)CCC1. The Bertz CT molecular complexity index is 140. The summed E-state index contributed by atoms with van der Waals surface area (Å²) in [5, 5.41) is 0. The van der Waals surface area contributed by atoms with Crippen LogP contribution in [0, 0.1) is 5.92 Å². The third kappa shape index (κ3) is 1.56. The van der Waals surface area contributed by atoms with Gasteiger partial charge in [0, 0.05) is 11.6 Å². The van der Waals surface area contributed by atoms with Gasteiger partial charge in [-0.1, -0.05) is 6.08 Å². The van der Waals surface area contributed by atoms with Crippen molar-refractivity contribution in [3.05, 3.63) is 11.8 Å². The third-order valence-electron chi connectivity index (χ3n) is 1.61. The first-order valence-corrected chi connectivity index (χ1v) is 3.24. The topological polar surface area (TPSA) is 43.1 Å². The zero-order valence-electron chi connectivity index (χ0n) is 5.34. The number of rotatable bonds is 1. The summed E-state index contributed by atoms with van der Waals surface area (Å²) in [4.78, 5) is 10.2. The Kier molecular flexibility index (Phi) is 1.88. The summed E-state index contributed by atoms with van der Waals surface area (Å²) < 4.78 is 0. The van der Waals surface area contributed by atoms with Gasteiger partial charge >= 0.3 is 0 Å². The molecule has 0 aromatic rings. The van der Waals surface area contributed by atoms with Crippen LogP contribution in [-0.2, 0) is 4.79 Å². The predicted molar refractivity (Wildman–Crippen MR) is 35.7 cm³/mol. The van der Waals surface area contributed by atoms with E-state index in [4.69, 9.17) is 5.73 Å². The number of aldehydes is 1. The quantitative estimate of drug-likeness (QED) is 0.527. The lowest BCUT2D eigenvalue weighted by atomic mass is 9.95. The predicted octanol–water partition coefficient (Wildman–Crippen LogP) is 0.828. The molecule has 0 saturated heterocycles. The molecule has 0 aromatic carbocycles. The highest BCUT2D eigenvalue weighted by Crippen LogP contribution is 2.17. The highest BCUT2D eigenvalue weighted by atomic mass is 16.1. The van der Waals surface area contributed by atoms with Crippen LogP contribution in [0.3, 0.4) is 0 Å². The molecule has 9 heavy (non-hydrogen) atoms. The average Bonchev–Trinajstić information content (AvgIpc) is 1.88. The van der Waals surface area contributed by atoms with E-state index in [-0.39, 0.29) is 5.92 Å². The standard InChI is InChI=1S/C7H11NO/c8-7-3-1-2-6(4-7)5-9/h4-6H,1-3,8H2. The molecule has 0 bridgehead atoms. The van der Waals surface area contributed by atoms with Crippen molar-refractivity contribution in [3.63, 3.8) is 0 Å². The summed E-state index contributed by atoms with van der Waals surface area (Å²) in [7, 11) is 0. The minimum atomic E-state index is 0.0961. The third-order valence-corrected chi connectivity index (χ3v) is 1.61. The zero-order valence-corrected chi connectivity index (χ0v) is 5.34. The monoisotopic (exact) mass is 125 g/mol. The van der Waals surface area contributed by atoms with Gasteiger partial charge in [-0.15, -0.1) is 0 Å². The molecule has 0 saturated carbocycles. The maximum atomic E-state index is 10.2. The fraction of sp³-hybridized carbons (Fsp3) is 0.571. The zero-order chi connectivity index (χ0) is 6.69. The molecule has 2 N–H and O–H groups in total. The molecule has 1 unspecified atom stereocenters. The lowest BCUT2D eigenvalue weighted by Crippen LogP contribution is -2.10. The lowest BCUT2D eigenvalue weighted by molar-refractivity contribution is -0.110. The Hall–Kier alpha value is -0.790. The molecule has 50 valence electrons. The number of carbonyl (C=O) groups is 1. The summed E-state index contributed by atoms with van der Waals surface area (Å²) in [5.74, 6) is 0.0961. The van der Waals surface area contributed by atoms with Crippen LogP contribution in [0.25, 0.3) is 0 Å². The number of nitrogens with two attached hydrogens (primary N) is 1. The number of hydrogen-bond donors (Lipinski definition) is 1. The van der Waals surface area contributed by atoms with E-state index in [1.165, 1.54) is 0 Å². The second-order valence-electron chi connectivity index (χ2n) is 2.43. The van der Waals surface area contributed by atoms with Gasteiger partial charge in [0.2, 0.25) is 0 Å². The molecule has 1 aliphatic carbocycles. The first-order chi connectivity index (χ1) is 4.33. The molecule has 0 amide bonds. The summed E-state index contributed by atoms with van der Waals surface area (Å²) in [6.07, 6.45) is 5.82. The van der Waals surface area contributed by atoms with Gasteiger partial charge in [-0.2, -0.15) is 0 Å². The Morgan fingerprint density at radius 3 is 3.00 bits per heavy atom. The fourth-order valence-corrected chi connectivity index (χ4v) is 1.09. The molecule has 1 aliphatic rings. The molecule has 2 nitrogen and oxygen atoms in total. The maximum Gasteiger partial charge on any atom is 0.126 e. The van der Waals surface area contributed by atoms with Crippen LogP contribution in [0.4, 0.5) is 0 Å². The first-order valence-electron chi connectivity index (χ1n) is 3.24. The van der Waals surface area contributed by atoms with Crippen molar-refractivity contribution in [1.29, 1.82) is 0 Å². The molecule has 2 heteroatoms. The molecule has 0 aromatic heterocycles. The maximum absolute atomic E-state index is 10.2. The largest absolute Gasteiger partial charge is 0.402 e. The van der Waals surface area contributed by atoms with E-state index in [1.54, 1.807) is 0 Å². The molecule has 1 atom stereocenters. The van der Waals surface area contributed by atoms with Gasteiger partial charge < -0.3 is 10.5 Å². The van der Waals surface area contributed by atoms with Crippen LogP contribution < -0.4 is 5.73 Å². The minimum absolute atomic E-state index is 0.0961. The number of hydrogen-bond acceptors (Lipinski definition) is 2. The van der Waals surface area contributed by atoms with Crippen molar-refractivity contribution in [2.24, 2.45) is 11.7 Å². The summed E-state index contributed by atoms with van der Waals surface area (Å²) in [5.41, 5.74) is 6.38. The highest BCUT2D eigenvalue weighted by Gasteiger charge is 2.09. The molecule has 0 spiro atoms. The Balaban J connectivity index is 2.56. The van der Waals surface area contributed by atoms with Crippen LogP contribution in [0.1, 0.15) is 19.3 Å². The first kappa shape index (κ1) is 6.33. The second kappa shape index (κ2) is 2.67. The molecule has 0 fully saturated rings. The molecule has 0 aliphatic heterocycles. The summed E-state index contributed by atoms with van der Waals surface area (Å²) in [6, 6.07) is 0. The van der Waals surface area contributed by atoms with E-state index < -0.39 is 0 Å². The Labute approximate surface area is 54.7 Å². The molecule has 0 radical (unpaired) electrons. The van der Waals surface area contributed by atoms with Crippen molar-refractivity contribution in [3.8, 4) is 0 Å². The van der Waals surface area contributed by atoms with Crippen molar-refractivity contribution in [2.75, 3.05) is 0 Å². The van der Waals surface area contributed by atoms with Crippen LogP contribution >= 0.6 is 0 Å². The van der Waals surface area contributed by atoms with Gasteiger partial charge in [0.15, 0.2) is 0 Å². The Morgan fingerprint density at radius 1 is 1.78 bits per heavy atom. The van der Waals surface area contributed by atoms with E-state index in [1.807, 2.05) is 6.08 Å². The van der Waals surface area contributed by atoms with E-state index in [0.717, 1.165) is 31.2 Å². The van der Waals surface area contributed by atoms with Gasteiger partial charge in [-0.25, -0.2) is 0 Å². The molecule has 1 rings (SSSR count). The normalized spacial score (nSPS) is 27.1. The molecular weight excluding hydrogens is 114 g/mol. The van der Waals surface area contributed by atoms with E-state index in [0.29, 0.717) is 0 Å². The minimum Gasteiger partial charge on any atom is -0.402 e. The van der Waals surface area contributed by atoms with Crippen LogP contribution in [0.5, 0.6) is 0 Å². The van der Waals surface area contributed by atoms with Gasteiger partial charge in [0.1, 0.15) is 6.29 Å². The van der Waals surface area contributed by atoms with E-state index in [2.05, 4.69) is 0 Å². The molecular formula is C7H11NO. The Morgan fingerprint density at radius 2 is 2.56 bits per heavy atom. The smallest absolute Gasteiger partial charge is 0.126 e. The summed E-state index contributed by atoms with van der Waals surface area (Å²) >= 11 is 0. The van der Waals surface area contributed by atoms with E-state index >= 15 is 0 Å². The van der Waals surface area contributed by atoms with E-state index in [9.17, 15) is 4.79 Å². The van der Waals surface area contributed by atoms with Gasteiger partial charge in [-0.05, 0) is 19.3 Å². The second-order valence-corrected chi connectivity index (χ2v) is 2.43. The van der Waals surface area contributed by atoms with Gasteiger partial charge in [-0.3, -0.25) is 0 Å². The highest BCUT2D eigenvalue weighted by molar-refractivity contribution is 5.57. The van der Waals surface area contributed by atoms with Gasteiger partial charge in [0.25, 0.3) is 0 Å². The average molecular weight is 125 g/mol. The van der Waals surface area contributed by atoms with Crippen molar-refractivity contribution in [2.45, 2.75) is 19.3 Å². The summed E-state index contributed by atoms with van der Waals surface area (Å²) in [6.45, 7) is 0. The van der Waals surface area contributed by atoms with Crippen molar-refractivity contribution in [1.82, 2.24) is 0 Å². The van der Waals surface area contributed by atoms with Crippen LogP contribution in [-0.4, -0.2) is 6.29 Å². The molecule has 0 heterocycles. The van der Waals surface area contributed by atoms with Gasteiger partial charge in [0.05, 0.1) is 0 Å². The lowest BCUT2D eigenvalue weighted by Gasteiger charge is -2.12. The van der Waals surface area contributed by atoms with Crippen LogP contribution in [0.2, 0.25) is 0 Å².